The highest BCUT2D eigenvalue weighted by Crippen LogP contribution is 2.25. The molecular weight excluding hydrogens is 267 g/mol. The molecule has 0 spiro atoms. The normalized spacial score (nSPS) is 15.0. The average Bonchev–Trinajstić information content (AvgIpc) is 2.34. The second-order valence-electron chi connectivity index (χ2n) is 3.82. The van der Waals surface area contributed by atoms with Crippen LogP contribution in [0.2, 0.25) is 0 Å². The van der Waals surface area contributed by atoms with E-state index < -0.39 is 30.1 Å². The second-order valence-corrected chi connectivity index (χ2v) is 3.82. The Balaban J connectivity index is 2.63. The molecule has 1 aromatic heterocycles. The van der Waals surface area contributed by atoms with Crippen LogP contribution in [0.1, 0.15) is 24.4 Å². The van der Waals surface area contributed by atoms with E-state index in [4.69, 9.17) is 10.2 Å². The van der Waals surface area contributed by atoms with Crippen LogP contribution in [-0.2, 0) is 11.0 Å². The topological polar surface area (TPSA) is 95.3 Å². The Kier molecular flexibility index (Phi) is 4.78. The van der Waals surface area contributed by atoms with Crippen molar-refractivity contribution in [3.05, 3.63) is 23.8 Å². The van der Waals surface area contributed by atoms with Crippen LogP contribution >= 0.6 is 0 Å². The lowest BCUT2D eigenvalue weighted by atomic mass is 10.2. The first kappa shape index (κ1) is 15.3. The van der Waals surface area contributed by atoms with Crippen molar-refractivity contribution in [1.29, 1.82) is 0 Å². The van der Waals surface area contributed by atoms with E-state index in [-0.39, 0.29) is 6.54 Å². The number of rotatable bonds is 5. The molecule has 1 unspecified atom stereocenters. The lowest BCUT2D eigenvalue weighted by molar-refractivity contribution is -0.146. The van der Waals surface area contributed by atoms with Gasteiger partial charge in [0, 0.05) is 30.5 Å². The minimum absolute atomic E-state index is 0.239. The van der Waals surface area contributed by atoms with E-state index in [1.54, 1.807) is 6.92 Å². The van der Waals surface area contributed by atoms with Crippen LogP contribution in [0.5, 0.6) is 0 Å². The van der Waals surface area contributed by atoms with Gasteiger partial charge < -0.3 is 15.5 Å². The maximum atomic E-state index is 12.2. The predicted octanol–water partition coefficient (Wildman–Crippen LogP) is 0.591. The summed E-state index contributed by atoms with van der Waals surface area (Å²) in [5, 5.41) is 20.1. The van der Waals surface area contributed by atoms with Gasteiger partial charge in [0.2, 0.25) is 5.82 Å². The van der Waals surface area contributed by atoms with Gasteiger partial charge in [0.15, 0.2) is 6.10 Å². The summed E-state index contributed by atoms with van der Waals surface area (Å²) in [7, 11) is 0. The van der Waals surface area contributed by atoms with E-state index in [9.17, 15) is 18.0 Å². The Morgan fingerprint density at radius 1 is 1.42 bits per heavy atom. The fraction of sp³-hybridized carbons (Fsp3) is 0.500. The molecule has 106 valence electrons. The number of nitrogens with zero attached hydrogens (tertiary/aromatic N) is 2. The Bertz CT molecular complexity index is 436. The highest BCUT2D eigenvalue weighted by Gasteiger charge is 2.34. The molecular formula is C10H12F3N3O3. The Morgan fingerprint density at radius 3 is 2.37 bits per heavy atom. The molecule has 0 bridgehead atoms. The summed E-state index contributed by atoms with van der Waals surface area (Å²) in [5.74, 6) is -2.63. The number of aliphatic hydroxyl groups is 1. The number of aliphatic carboxylic acids is 1. The first-order chi connectivity index (χ1) is 8.71. The molecule has 3 N–H and O–H groups in total. The van der Waals surface area contributed by atoms with Gasteiger partial charge in [-0.1, -0.05) is 0 Å². The summed E-state index contributed by atoms with van der Waals surface area (Å²) < 4.78 is 36.7. The fourth-order valence-corrected chi connectivity index (χ4v) is 1.20. The number of aromatic nitrogens is 2. The maximum Gasteiger partial charge on any atom is 0.451 e. The number of carboxylic acids is 1. The zero-order valence-electron chi connectivity index (χ0n) is 9.85. The van der Waals surface area contributed by atoms with Crippen LogP contribution in [0.15, 0.2) is 12.4 Å². The minimum atomic E-state index is -4.60. The van der Waals surface area contributed by atoms with Crippen molar-refractivity contribution in [1.82, 2.24) is 15.3 Å². The molecule has 0 aliphatic rings. The molecule has 0 aromatic carbocycles. The molecule has 0 aliphatic heterocycles. The molecule has 2 atom stereocenters. The summed E-state index contributed by atoms with van der Waals surface area (Å²) in [4.78, 5) is 16.7. The number of nitrogens with one attached hydrogen (secondary N) is 1. The first-order valence-corrected chi connectivity index (χ1v) is 5.25. The summed E-state index contributed by atoms with van der Waals surface area (Å²) in [6, 6.07) is -0.490. The molecule has 6 nitrogen and oxygen atoms in total. The second kappa shape index (κ2) is 5.93. The van der Waals surface area contributed by atoms with Crippen molar-refractivity contribution in [3.8, 4) is 0 Å². The van der Waals surface area contributed by atoms with Crippen LogP contribution in [0.25, 0.3) is 0 Å². The van der Waals surface area contributed by atoms with E-state index in [0.717, 1.165) is 12.4 Å². The molecule has 0 fully saturated rings. The number of aliphatic hydroxyl groups excluding tert-OH is 1. The highest BCUT2D eigenvalue weighted by atomic mass is 19.4. The summed E-state index contributed by atoms with van der Waals surface area (Å²) in [6.07, 6.45) is -4.19. The third-order valence-electron chi connectivity index (χ3n) is 2.33. The van der Waals surface area contributed by atoms with Gasteiger partial charge >= 0.3 is 12.1 Å². The van der Waals surface area contributed by atoms with Crippen LogP contribution in [-0.4, -0.2) is 38.8 Å². The van der Waals surface area contributed by atoms with Crippen molar-refractivity contribution in [3.63, 3.8) is 0 Å². The van der Waals surface area contributed by atoms with E-state index in [0.29, 0.717) is 5.56 Å². The number of hydrogen-bond donors (Lipinski definition) is 3. The Hall–Kier alpha value is -1.74. The van der Waals surface area contributed by atoms with Crippen LogP contribution in [0.4, 0.5) is 13.2 Å². The Labute approximate surface area is 106 Å². The zero-order valence-corrected chi connectivity index (χ0v) is 9.85. The molecule has 19 heavy (non-hydrogen) atoms. The van der Waals surface area contributed by atoms with Crippen LogP contribution in [0.3, 0.4) is 0 Å². The first-order valence-electron chi connectivity index (χ1n) is 5.25. The standard InChI is InChI=1S/C10H12F3N3O3/c1-5(14-4-7(17)8(18)19)6-2-15-9(16-3-6)10(11,12)13/h2-3,5,7,14,17H,4H2,1H3,(H,18,19)/t5-,7?/m0/s1. The summed E-state index contributed by atoms with van der Waals surface area (Å²) >= 11 is 0. The highest BCUT2D eigenvalue weighted by molar-refractivity contribution is 5.72. The number of hydrogen-bond acceptors (Lipinski definition) is 5. The smallest absolute Gasteiger partial charge is 0.451 e. The third-order valence-corrected chi connectivity index (χ3v) is 2.33. The molecule has 0 aliphatic carbocycles. The van der Waals surface area contributed by atoms with Crippen molar-refractivity contribution < 1.29 is 28.2 Å². The SMILES string of the molecule is C[C@H](NCC(O)C(=O)O)c1cnc(C(F)(F)F)nc1. The van der Waals surface area contributed by atoms with Crippen molar-refractivity contribution in [2.24, 2.45) is 0 Å². The fourth-order valence-electron chi connectivity index (χ4n) is 1.20. The van der Waals surface area contributed by atoms with Gasteiger partial charge in [0.05, 0.1) is 0 Å². The van der Waals surface area contributed by atoms with Crippen molar-refractivity contribution in [2.45, 2.75) is 25.2 Å². The number of carbonyl (C=O) groups is 1. The number of alkyl halides is 3. The van der Waals surface area contributed by atoms with E-state index in [1.165, 1.54) is 0 Å². The van der Waals surface area contributed by atoms with Gasteiger partial charge in [-0.3, -0.25) is 0 Å². The van der Waals surface area contributed by atoms with Gasteiger partial charge in [-0.2, -0.15) is 13.2 Å². The van der Waals surface area contributed by atoms with Crippen molar-refractivity contribution >= 4 is 5.97 Å². The van der Waals surface area contributed by atoms with Gasteiger partial charge in [-0.05, 0) is 6.92 Å². The van der Waals surface area contributed by atoms with Crippen molar-refractivity contribution in [2.75, 3.05) is 6.54 Å². The van der Waals surface area contributed by atoms with Gasteiger partial charge in [0.25, 0.3) is 0 Å². The van der Waals surface area contributed by atoms with E-state index in [2.05, 4.69) is 15.3 Å². The third kappa shape index (κ3) is 4.45. The summed E-state index contributed by atoms with van der Waals surface area (Å²) in [5.41, 5.74) is 0.352. The summed E-state index contributed by atoms with van der Waals surface area (Å²) in [6.45, 7) is 1.35. The monoisotopic (exact) mass is 279 g/mol. The molecule has 1 rings (SSSR count). The Morgan fingerprint density at radius 2 is 1.95 bits per heavy atom. The molecule has 9 heteroatoms. The number of halogens is 3. The largest absolute Gasteiger partial charge is 0.479 e. The predicted molar refractivity (Wildman–Crippen MR) is 57.1 cm³/mol. The van der Waals surface area contributed by atoms with E-state index in [1.807, 2.05) is 0 Å². The molecule has 1 heterocycles. The molecule has 0 amide bonds. The van der Waals surface area contributed by atoms with Gasteiger partial charge in [0.1, 0.15) is 0 Å². The van der Waals surface area contributed by atoms with Crippen LogP contribution in [0, 0.1) is 0 Å². The van der Waals surface area contributed by atoms with Crippen LogP contribution < -0.4 is 5.32 Å². The molecule has 0 saturated heterocycles. The minimum Gasteiger partial charge on any atom is -0.479 e. The van der Waals surface area contributed by atoms with Gasteiger partial charge in [-0.25, -0.2) is 14.8 Å². The number of carboxylic acid groups (broad SMARTS) is 1. The maximum absolute atomic E-state index is 12.2. The van der Waals surface area contributed by atoms with Gasteiger partial charge in [-0.15, -0.1) is 0 Å². The quantitative estimate of drug-likeness (QED) is 0.730. The zero-order chi connectivity index (χ0) is 14.6. The lowest BCUT2D eigenvalue weighted by Gasteiger charge is -2.15. The van der Waals surface area contributed by atoms with E-state index >= 15 is 0 Å². The average molecular weight is 279 g/mol. The molecule has 0 saturated carbocycles. The lowest BCUT2D eigenvalue weighted by Crippen LogP contribution is -2.34. The molecule has 0 radical (unpaired) electrons. The molecule has 1 aromatic rings.